The molecule has 0 aliphatic heterocycles. The minimum atomic E-state index is -1.35. The molecule has 0 unspecified atom stereocenters. The van der Waals surface area contributed by atoms with Crippen LogP contribution in [-0.2, 0) is 19.1 Å². The van der Waals surface area contributed by atoms with Crippen molar-refractivity contribution in [3.05, 3.63) is 0 Å². The summed E-state index contributed by atoms with van der Waals surface area (Å²) in [7, 11) is 1.21. The fourth-order valence-corrected chi connectivity index (χ4v) is 1.34. The molecule has 0 aliphatic rings. The van der Waals surface area contributed by atoms with E-state index in [9.17, 15) is 9.59 Å². The number of hydrogen-bond acceptors (Lipinski definition) is 7. The minimum absolute atomic E-state index is 0.110. The SMILES string of the molecule is COC(=O)C(C)(C)OC(=O)CN(CCO)CCO. The van der Waals surface area contributed by atoms with E-state index in [1.807, 2.05) is 0 Å². The second-order valence-corrected chi connectivity index (χ2v) is 4.20. The summed E-state index contributed by atoms with van der Waals surface area (Å²) in [4.78, 5) is 24.4. The molecule has 7 heteroatoms. The van der Waals surface area contributed by atoms with Gasteiger partial charge in [-0.05, 0) is 13.8 Å². The molecule has 0 aliphatic carbocycles. The molecule has 18 heavy (non-hydrogen) atoms. The van der Waals surface area contributed by atoms with Crippen molar-refractivity contribution in [3.63, 3.8) is 0 Å². The van der Waals surface area contributed by atoms with E-state index in [-0.39, 0.29) is 32.8 Å². The average Bonchev–Trinajstić information content (AvgIpc) is 2.27. The molecule has 106 valence electrons. The van der Waals surface area contributed by atoms with Crippen molar-refractivity contribution >= 4 is 11.9 Å². The van der Waals surface area contributed by atoms with Crippen LogP contribution in [0.3, 0.4) is 0 Å². The molecule has 0 aromatic rings. The van der Waals surface area contributed by atoms with Crippen LogP contribution in [0.25, 0.3) is 0 Å². The minimum Gasteiger partial charge on any atom is -0.466 e. The van der Waals surface area contributed by atoms with E-state index < -0.39 is 17.5 Å². The van der Waals surface area contributed by atoms with Gasteiger partial charge in [0.15, 0.2) is 0 Å². The van der Waals surface area contributed by atoms with E-state index in [1.54, 1.807) is 0 Å². The summed E-state index contributed by atoms with van der Waals surface area (Å²) in [5, 5.41) is 17.6. The summed E-state index contributed by atoms with van der Waals surface area (Å²) in [6.07, 6.45) is 0. The molecular formula is C11H21NO6. The zero-order valence-corrected chi connectivity index (χ0v) is 11.0. The first-order valence-corrected chi connectivity index (χ1v) is 5.61. The van der Waals surface area contributed by atoms with Crippen molar-refractivity contribution in [2.75, 3.05) is 40.0 Å². The Morgan fingerprint density at radius 3 is 2.06 bits per heavy atom. The molecule has 0 heterocycles. The van der Waals surface area contributed by atoms with Gasteiger partial charge >= 0.3 is 11.9 Å². The first kappa shape index (κ1) is 16.8. The zero-order valence-electron chi connectivity index (χ0n) is 11.0. The number of carbonyl (C=O) groups excluding carboxylic acids is 2. The standard InChI is InChI=1S/C11H21NO6/c1-11(2,10(16)17-3)18-9(15)8-12(4-6-13)5-7-14/h13-14H,4-8H2,1-3H3. The molecule has 0 radical (unpaired) electrons. The molecule has 0 atom stereocenters. The third kappa shape index (κ3) is 5.95. The van der Waals surface area contributed by atoms with Gasteiger partial charge in [-0.25, -0.2) is 4.79 Å². The number of hydrogen-bond donors (Lipinski definition) is 2. The highest BCUT2D eigenvalue weighted by molar-refractivity contribution is 5.83. The zero-order chi connectivity index (χ0) is 14.2. The molecule has 0 saturated heterocycles. The number of aliphatic hydroxyl groups is 2. The van der Waals surface area contributed by atoms with E-state index in [0.29, 0.717) is 0 Å². The first-order valence-electron chi connectivity index (χ1n) is 5.61. The van der Waals surface area contributed by atoms with Crippen LogP contribution in [0.15, 0.2) is 0 Å². The predicted molar refractivity (Wildman–Crippen MR) is 62.8 cm³/mol. The Hall–Kier alpha value is -1.18. The summed E-state index contributed by atoms with van der Waals surface area (Å²) >= 11 is 0. The lowest BCUT2D eigenvalue weighted by molar-refractivity contribution is -0.177. The molecule has 0 rings (SSSR count). The van der Waals surface area contributed by atoms with Crippen molar-refractivity contribution in [3.8, 4) is 0 Å². The second-order valence-electron chi connectivity index (χ2n) is 4.20. The highest BCUT2D eigenvalue weighted by atomic mass is 16.6. The smallest absolute Gasteiger partial charge is 0.349 e. The topological polar surface area (TPSA) is 96.3 Å². The molecule has 0 aromatic carbocycles. The number of esters is 2. The first-order chi connectivity index (χ1) is 8.37. The van der Waals surface area contributed by atoms with E-state index in [2.05, 4.69) is 4.74 Å². The Kier molecular flexibility index (Phi) is 7.49. The number of carbonyl (C=O) groups is 2. The lowest BCUT2D eigenvalue weighted by Gasteiger charge is -2.25. The molecule has 2 N–H and O–H groups in total. The number of methoxy groups -OCH3 is 1. The summed E-state index contributed by atoms with van der Waals surface area (Å²) in [6.45, 7) is 2.98. The predicted octanol–water partition coefficient (Wildman–Crippen LogP) is -1.23. The van der Waals surface area contributed by atoms with E-state index in [0.717, 1.165) is 0 Å². The van der Waals surface area contributed by atoms with Crippen LogP contribution >= 0.6 is 0 Å². The maximum Gasteiger partial charge on any atom is 0.349 e. The lowest BCUT2D eigenvalue weighted by Crippen LogP contribution is -2.42. The monoisotopic (exact) mass is 263 g/mol. The van der Waals surface area contributed by atoms with Gasteiger partial charge in [-0.1, -0.05) is 0 Å². The Balaban J connectivity index is 4.34. The Bertz CT molecular complexity index is 273. The molecule has 0 aromatic heterocycles. The van der Waals surface area contributed by atoms with Gasteiger partial charge in [-0.15, -0.1) is 0 Å². The third-order valence-electron chi connectivity index (χ3n) is 2.23. The van der Waals surface area contributed by atoms with Crippen molar-refractivity contribution in [2.45, 2.75) is 19.4 Å². The molecule has 0 spiro atoms. The fourth-order valence-electron chi connectivity index (χ4n) is 1.34. The van der Waals surface area contributed by atoms with Gasteiger partial charge in [0.1, 0.15) is 0 Å². The molecular weight excluding hydrogens is 242 g/mol. The van der Waals surface area contributed by atoms with Crippen LogP contribution in [0.5, 0.6) is 0 Å². The summed E-state index contributed by atoms with van der Waals surface area (Å²) in [5.41, 5.74) is -1.35. The Morgan fingerprint density at radius 1 is 1.17 bits per heavy atom. The molecule has 7 nitrogen and oxygen atoms in total. The summed E-state index contributed by atoms with van der Waals surface area (Å²) in [6, 6.07) is 0. The van der Waals surface area contributed by atoms with Crippen LogP contribution in [0.1, 0.15) is 13.8 Å². The van der Waals surface area contributed by atoms with E-state index in [1.165, 1.54) is 25.9 Å². The van der Waals surface area contributed by atoms with Gasteiger partial charge in [0.25, 0.3) is 0 Å². The largest absolute Gasteiger partial charge is 0.466 e. The quantitative estimate of drug-likeness (QED) is 0.529. The van der Waals surface area contributed by atoms with Gasteiger partial charge in [0, 0.05) is 13.1 Å². The summed E-state index contributed by atoms with van der Waals surface area (Å²) in [5.74, 6) is -1.26. The van der Waals surface area contributed by atoms with Crippen LogP contribution < -0.4 is 0 Å². The maximum absolute atomic E-state index is 11.6. The van der Waals surface area contributed by atoms with Crippen LogP contribution in [0, 0.1) is 0 Å². The molecule has 0 fully saturated rings. The lowest BCUT2D eigenvalue weighted by atomic mass is 10.1. The normalized spacial score (nSPS) is 11.4. The van der Waals surface area contributed by atoms with Crippen LogP contribution in [0.4, 0.5) is 0 Å². The number of nitrogens with zero attached hydrogens (tertiary/aromatic N) is 1. The number of aliphatic hydroxyl groups excluding tert-OH is 2. The van der Waals surface area contributed by atoms with E-state index >= 15 is 0 Å². The Morgan fingerprint density at radius 2 is 1.67 bits per heavy atom. The van der Waals surface area contributed by atoms with Crippen molar-refractivity contribution in [2.24, 2.45) is 0 Å². The highest BCUT2D eigenvalue weighted by Crippen LogP contribution is 2.11. The van der Waals surface area contributed by atoms with Gasteiger partial charge in [0.2, 0.25) is 5.60 Å². The Labute approximate surface area is 106 Å². The molecule has 0 amide bonds. The van der Waals surface area contributed by atoms with Gasteiger partial charge in [-0.3, -0.25) is 9.69 Å². The third-order valence-corrected chi connectivity index (χ3v) is 2.23. The summed E-state index contributed by atoms with van der Waals surface area (Å²) < 4.78 is 9.50. The van der Waals surface area contributed by atoms with E-state index in [4.69, 9.17) is 14.9 Å². The van der Waals surface area contributed by atoms with Crippen molar-refractivity contribution in [1.29, 1.82) is 0 Å². The number of rotatable bonds is 8. The maximum atomic E-state index is 11.6. The van der Waals surface area contributed by atoms with Crippen LogP contribution in [-0.4, -0.2) is 72.6 Å². The molecule has 0 saturated carbocycles. The van der Waals surface area contributed by atoms with Crippen LogP contribution in [0.2, 0.25) is 0 Å². The highest BCUT2D eigenvalue weighted by Gasteiger charge is 2.33. The fraction of sp³-hybridized carbons (Fsp3) is 0.818. The van der Waals surface area contributed by atoms with Gasteiger partial charge in [0.05, 0.1) is 26.9 Å². The molecule has 0 bridgehead atoms. The average molecular weight is 263 g/mol. The number of ether oxygens (including phenoxy) is 2. The van der Waals surface area contributed by atoms with Gasteiger partial charge < -0.3 is 19.7 Å². The van der Waals surface area contributed by atoms with Crippen molar-refractivity contribution in [1.82, 2.24) is 4.90 Å². The van der Waals surface area contributed by atoms with Crippen molar-refractivity contribution < 1.29 is 29.3 Å². The van der Waals surface area contributed by atoms with Gasteiger partial charge in [-0.2, -0.15) is 0 Å². The second kappa shape index (κ2) is 8.02.